The molecule has 0 bridgehead atoms. The molecule has 1 aliphatic heterocycles. The molecule has 4 heterocycles. The number of benzene rings is 1. The van der Waals surface area contributed by atoms with Crippen molar-refractivity contribution in [3.63, 3.8) is 0 Å². The van der Waals surface area contributed by atoms with Crippen LogP contribution in [0.25, 0.3) is 16.9 Å². The molecule has 0 unspecified atom stereocenters. The highest BCUT2D eigenvalue weighted by molar-refractivity contribution is 9.10. The van der Waals surface area contributed by atoms with Crippen LogP contribution in [0.2, 0.25) is 5.02 Å². The molecule has 34 heavy (non-hydrogen) atoms. The zero-order valence-electron chi connectivity index (χ0n) is 18.6. The zero-order valence-corrected chi connectivity index (χ0v) is 21.0. The maximum absolute atomic E-state index is 13.1. The first-order valence-corrected chi connectivity index (χ1v) is 12.1. The van der Waals surface area contributed by atoms with E-state index in [1.54, 1.807) is 19.2 Å². The lowest BCUT2D eigenvalue weighted by Crippen LogP contribution is -2.48. The fourth-order valence-electron chi connectivity index (χ4n) is 4.20. The molecule has 0 saturated carbocycles. The van der Waals surface area contributed by atoms with Gasteiger partial charge in [-0.2, -0.15) is 0 Å². The van der Waals surface area contributed by atoms with Crippen LogP contribution in [0.4, 0.5) is 0 Å². The highest BCUT2D eigenvalue weighted by Crippen LogP contribution is 2.27. The van der Waals surface area contributed by atoms with Crippen LogP contribution >= 0.6 is 27.5 Å². The third-order valence-corrected chi connectivity index (χ3v) is 6.90. The SMILES string of the molecule is COc1ccc(Br)c(C(=O)N2CCN(Cc3c(-c4ccc(Cl)cc4)nc4ccccn34)CC2)n1. The van der Waals surface area contributed by atoms with Gasteiger partial charge in [-0.05, 0) is 46.3 Å². The Hall–Kier alpha value is -2.94. The van der Waals surface area contributed by atoms with Gasteiger partial charge in [0.2, 0.25) is 5.88 Å². The van der Waals surface area contributed by atoms with Crippen LogP contribution in [0.15, 0.2) is 65.3 Å². The zero-order chi connectivity index (χ0) is 23.7. The molecule has 1 amide bonds. The standard InChI is InChI=1S/C25H23BrClN5O2/c1-34-22-10-9-19(26)24(29-22)25(33)31-14-12-30(13-15-31)16-20-23(17-5-7-18(27)8-6-17)28-21-4-2-3-11-32(20)21/h2-11H,12-16H2,1H3. The van der Waals surface area contributed by atoms with E-state index in [0.717, 1.165) is 42.2 Å². The smallest absolute Gasteiger partial charge is 0.273 e. The van der Waals surface area contributed by atoms with Crippen LogP contribution in [0.3, 0.4) is 0 Å². The van der Waals surface area contributed by atoms with E-state index in [9.17, 15) is 4.79 Å². The second-order valence-electron chi connectivity index (χ2n) is 8.10. The number of aromatic nitrogens is 3. The Balaban J connectivity index is 1.34. The van der Waals surface area contributed by atoms with Crippen LogP contribution < -0.4 is 4.74 Å². The normalized spacial score (nSPS) is 14.5. The van der Waals surface area contributed by atoms with Gasteiger partial charge >= 0.3 is 0 Å². The predicted octanol–water partition coefficient (Wildman–Crippen LogP) is 4.78. The molecule has 0 aliphatic carbocycles. The van der Waals surface area contributed by atoms with Crippen LogP contribution in [0.5, 0.6) is 5.88 Å². The Labute approximate surface area is 211 Å². The molecule has 7 nitrogen and oxygen atoms in total. The lowest BCUT2D eigenvalue weighted by atomic mass is 10.1. The van der Waals surface area contributed by atoms with Crippen molar-refractivity contribution in [1.29, 1.82) is 0 Å². The van der Waals surface area contributed by atoms with Gasteiger partial charge in [-0.1, -0.05) is 29.8 Å². The van der Waals surface area contributed by atoms with Crippen molar-refractivity contribution >= 4 is 39.1 Å². The Bertz CT molecular complexity index is 1330. The number of amides is 1. The van der Waals surface area contributed by atoms with Gasteiger partial charge < -0.3 is 14.0 Å². The lowest BCUT2D eigenvalue weighted by molar-refractivity contribution is 0.0619. The molecular weight excluding hydrogens is 518 g/mol. The first kappa shape index (κ1) is 22.8. The van der Waals surface area contributed by atoms with Gasteiger partial charge in [0.15, 0.2) is 0 Å². The van der Waals surface area contributed by atoms with E-state index in [2.05, 4.69) is 30.2 Å². The van der Waals surface area contributed by atoms with E-state index < -0.39 is 0 Å². The number of pyridine rings is 2. The number of methoxy groups -OCH3 is 1. The summed E-state index contributed by atoms with van der Waals surface area (Å²) < 4.78 is 7.99. The van der Waals surface area contributed by atoms with E-state index in [1.165, 1.54) is 0 Å². The molecule has 3 aromatic heterocycles. The van der Waals surface area contributed by atoms with E-state index >= 15 is 0 Å². The number of carbonyl (C=O) groups excluding carboxylic acids is 1. The van der Waals surface area contributed by atoms with Gasteiger partial charge in [-0.15, -0.1) is 0 Å². The summed E-state index contributed by atoms with van der Waals surface area (Å²) in [6.07, 6.45) is 2.04. The number of nitrogens with zero attached hydrogens (tertiary/aromatic N) is 5. The van der Waals surface area contributed by atoms with Crippen molar-refractivity contribution in [2.75, 3.05) is 33.3 Å². The molecule has 1 saturated heterocycles. The number of hydrogen-bond donors (Lipinski definition) is 0. The monoisotopic (exact) mass is 539 g/mol. The van der Waals surface area contributed by atoms with Crippen LogP contribution in [-0.4, -0.2) is 63.4 Å². The average molecular weight is 541 g/mol. The Kier molecular flexibility index (Phi) is 6.54. The molecular formula is C25H23BrClN5O2. The summed E-state index contributed by atoms with van der Waals surface area (Å²) in [5.74, 6) is 0.328. The molecule has 1 aliphatic rings. The summed E-state index contributed by atoms with van der Waals surface area (Å²) in [6.45, 7) is 3.49. The van der Waals surface area contributed by atoms with Crippen molar-refractivity contribution < 1.29 is 9.53 Å². The van der Waals surface area contributed by atoms with Crippen molar-refractivity contribution in [3.05, 3.63) is 81.7 Å². The van der Waals surface area contributed by atoms with Gasteiger partial charge in [-0.25, -0.2) is 9.97 Å². The third-order valence-electron chi connectivity index (χ3n) is 6.01. The molecule has 1 aromatic carbocycles. The molecule has 174 valence electrons. The molecule has 0 N–H and O–H groups in total. The van der Waals surface area contributed by atoms with E-state index in [0.29, 0.717) is 34.2 Å². The number of imidazole rings is 1. The van der Waals surface area contributed by atoms with Gasteiger partial charge in [-0.3, -0.25) is 9.69 Å². The van der Waals surface area contributed by atoms with Crippen molar-refractivity contribution in [2.24, 2.45) is 0 Å². The van der Waals surface area contributed by atoms with Crippen molar-refractivity contribution in [3.8, 4) is 17.1 Å². The molecule has 1 fully saturated rings. The number of hydrogen-bond acceptors (Lipinski definition) is 5. The number of carbonyl (C=O) groups is 1. The topological polar surface area (TPSA) is 63.0 Å². The highest BCUT2D eigenvalue weighted by Gasteiger charge is 2.26. The second kappa shape index (κ2) is 9.74. The van der Waals surface area contributed by atoms with E-state index in [4.69, 9.17) is 21.3 Å². The first-order chi connectivity index (χ1) is 16.5. The molecule has 9 heteroatoms. The molecule has 5 rings (SSSR count). The van der Waals surface area contributed by atoms with Gasteiger partial charge in [0.25, 0.3) is 5.91 Å². The predicted molar refractivity (Wildman–Crippen MR) is 135 cm³/mol. The maximum Gasteiger partial charge on any atom is 0.273 e. The Morgan fingerprint density at radius 3 is 2.53 bits per heavy atom. The highest BCUT2D eigenvalue weighted by atomic mass is 79.9. The van der Waals surface area contributed by atoms with E-state index in [-0.39, 0.29) is 5.91 Å². The lowest BCUT2D eigenvalue weighted by Gasteiger charge is -2.34. The minimum atomic E-state index is -0.0953. The average Bonchev–Trinajstić information content (AvgIpc) is 3.23. The van der Waals surface area contributed by atoms with Gasteiger partial charge in [0.05, 0.1) is 18.5 Å². The summed E-state index contributed by atoms with van der Waals surface area (Å²) in [5.41, 5.74) is 4.39. The molecule has 0 atom stereocenters. The molecule has 4 aromatic rings. The summed E-state index contributed by atoms with van der Waals surface area (Å²) in [6, 6.07) is 17.3. The quantitative estimate of drug-likeness (QED) is 0.365. The number of fused-ring (bicyclic) bond motifs is 1. The second-order valence-corrected chi connectivity index (χ2v) is 9.39. The van der Waals surface area contributed by atoms with Gasteiger partial charge in [0.1, 0.15) is 11.3 Å². The third kappa shape index (κ3) is 4.53. The van der Waals surface area contributed by atoms with Gasteiger partial charge in [0, 0.05) is 60.0 Å². The minimum Gasteiger partial charge on any atom is -0.481 e. The number of rotatable bonds is 5. The first-order valence-electron chi connectivity index (χ1n) is 11.0. The Morgan fingerprint density at radius 1 is 1.03 bits per heavy atom. The van der Waals surface area contributed by atoms with Crippen LogP contribution in [0.1, 0.15) is 16.2 Å². The fourth-order valence-corrected chi connectivity index (χ4v) is 4.71. The van der Waals surface area contributed by atoms with Crippen molar-refractivity contribution in [2.45, 2.75) is 6.54 Å². The number of ether oxygens (including phenoxy) is 1. The maximum atomic E-state index is 13.1. The summed E-state index contributed by atoms with van der Waals surface area (Å²) in [5, 5.41) is 0.701. The van der Waals surface area contributed by atoms with Crippen molar-refractivity contribution in [1.82, 2.24) is 24.2 Å². The van der Waals surface area contributed by atoms with Crippen LogP contribution in [0, 0.1) is 0 Å². The summed E-state index contributed by atoms with van der Waals surface area (Å²) in [7, 11) is 1.54. The molecule has 0 spiro atoms. The fraction of sp³-hybridized carbons (Fsp3) is 0.240. The Morgan fingerprint density at radius 2 is 1.79 bits per heavy atom. The summed E-state index contributed by atoms with van der Waals surface area (Å²) >= 11 is 9.55. The summed E-state index contributed by atoms with van der Waals surface area (Å²) in [4.78, 5) is 26.5. The van der Waals surface area contributed by atoms with E-state index in [1.807, 2.05) is 53.6 Å². The molecule has 0 radical (unpaired) electrons. The number of halogens is 2. The largest absolute Gasteiger partial charge is 0.481 e. The number of piperazine rings is 1. The van der Waals surface area contributed by atoms with Crippen LogP contribution in [-0.2, 0) is 6.54 Å². The minimum absolute atomic E-state index is 0.0953.